The highest BCUT2D eigenvalue weighted by Gasteiger charge is 2.21. The van der Waals surface area contributed by atoms with E-state index in [1.54, 1.807) is 0 Å². The molecule has 17 heavy (non-hydrogen) atoms. The van der Waals surface area contributed by atoms with Crippen molar-refractivity contribution in [1.29, 1.82) is 0 Å². The molecule has 0 heterocycles. The molecular formula is C14H22N2O. The first-order valence-electron chi connectivity index (χ1n) is 5.97. The van der Waals surface area contributed by atoms with Gasteiger partial charge in [-0.2, -0.15) is 0 Å². The summed E-state index contributed by atoms with van der Waals surface area (Å²) >= 11 is 0. The summed E-state index contributed by atoms with van der Waals surface area (Å²) in [4.78, 5) is 11.8. The first kappa shape index (κ1) is 13.6. The van der Waals surface area contributed by atoms with Crippen LogP contribution in [-0.4, -0.2) is 11.9 Å². The zero-order valence-corrected chi connectivity index (χ0v) is 11.3. The summed E-state index contributed by atoms with van der Waals surface area (Å²) in [5.41, 5.74) is 1.48. The van der Waals surface area contributed by atoms with Crippen molar-refractivity contribution < 1.29 is 4.79 Å². The molecule has 3 heteroatoms. The van der Waals surface area contributed by atoms with Crippen molar-refractivity contribution >= 4 is 17.3 Å². The van der Waals surface area contributed by atoms with Crippen LogP contribution in [0.5, 0.6) is 0 Å². The van der Waals surface area contributed by atoms with E-state index < -0.39 is 0 Å². The Balaban J connectivity index is 2.76. The molecule has 0 bridgehead atoms. The van der Waals surface area contributed by atoms with E-state index in [2.05, 4.69) is 24.5 Å². The van der Waals surface area contributed by atoms with Crippen LogP contribution in [-0.2, 0) is 4.79 Å². The average molecular weight is 234 g/mol. The second kappa shape index (κ2) is 5.21. The maximum Gasteiger partial charge on any atom is 0.229 e. The summed E-state index contributed by atoms with van der Waals surface area (Å²) in [5.74, 6) is 0.0270. The molecule has 0 aliphatic heterocycles. The molecule has 0 atom stereocenters. The fourth-order valence-electron chi connectivity index (χ4n) is 1.34. The first-order chi connectivity index (χ1) is 7.79. The molecule has 1 aromatic carbocycles. The molecule has 1 aromatic rings. The maximum absolute atomic E-state index is 11.8. The summed E-state index contributed by atoms with van der Waals surface area (Å²) in [6, 6.07) is 8.15. The third-order valence-corrected chi connectivity index (χ3v) is 2.26. The maximum atomic E-state index is 11.8. The molecule has 3 nitrogen and oxygen atoms in total. The summed E-state index contributed by atoms with van der Waals surface area (Å²) in [6.07, 6.45) is 0. The van der Waals surface area contributed by atoms with Gasteiger partial charge in [0.05, 0.1) is 0 Å². The fraction of sp³-hybridized carbons (Fsp3) is 0.500. The molecule has 94 valence electrons. The van der Waals surface area contributed by atoms with E-state index in [0.29, 0.717) is 6.04 Å². The zero-order chi connectivity index (χ0) is 13.1. The standard InChI is InChI=1S/C14H22N2O/c1-10(2)15-11-7-6-8-12(9-11)16-13(17)14(3,4)5/h6-10,15H,1-5H3,(H,16,17). The number of benzene rings is 1. The van der Waals surface area contributed by atoms with E-state index in [9.17, 15) is 4.79 Å². The van der Waals surface area contributed by atoms with Crippen LogP contribution in [0.4, 0.5) is 11.4 Å². The molecule has 1 rings (SSSR count). The molecule has 0 spiro atoms. The van der Waals surface area contributed by atoms with Crippen molar-refractivity contribution in [1.82, 2.24) is 0 Å². The van der Waals surface area contributed by atoms with Crippen molar-refractivity contribution in [3.05, 3.63) is 24.3 Å². The number of rotatable bonds is 3. The normalized spacial score (nSPS) is 11.4. The summed E-state index contributed by atoms with van der Waals surface area (Å²) in [7, 11) is 0. The Morgan fingerprint density at radius 3 is 2.29 bits per heavy atom. The Morgan fingerprint density at radius 1 is 1.18 bits per heavy atom. The number of amides is 1. The van der Waals surface area contributed by atoms with E-state index >= 15 is 0 Å². The second-order valence-electron chi connectivity index (χ2n) is 5.58. The monoisotopic (exact) mass is 234 g/mol. The smallest absolute Gasteiger partial charge is 0.229 e. The van der Waals surface area contributed by atoms with Crippen LogP contribution in [0.15, 0.2) is 24.3 Å². The molecule has 0 radical (unpaired) electrons. The van der Waals surface area contributed by atoms with E-state index in [1.807, 2.05) is 45.0 Å². The molecule has 0 aliphatic carbocycles. The molecule has 0 fully saturated rings. The van der Waals surface area contributed by atoms with E-state index in [1.165, 1.54) is 0 Å². The van der Waals surface area contributed by atoms with Gasteiger partial charge < -0.3 is 10.6 Å². The van der Waals surface area contributed by atoms with E-state index in [0.717, 1.165) is 11.4 Å². The van der Waals surface area contributed by atoms with Crippen LogP contribution in [0, 0.1) is 5.41 Å². The number of carbonyl (C=O) groups is 1. The first-order valence-corrected chi connectivity index (χ1v) is 5.97. The van der Waals surface area contributed by atoms with Gasteiger partial charge in [0, 0.05) is 22.8 Å². The van der Waals surface area contributed by atoms with Gasteiger partial charge in [-0.15, -0.1) is 0 Å². The quantitative estimate of drug-likeness (QED) is 0.840. The Hall–Kier alpha value is -1.51. The van der Waals surface area contributed by atoms with Gasteiger partial charge in [0.25, 0.3) is 0 Å². The van der Waals surface area contributed by atoms with Gasteiger partial charge in [-0.3, -0.25) is 4.79 Å². The van der Waals surface area contributed by atoms with Crippen molar-refractivity contribution in [2.45, 2.75) is 40.7 Å². The number of anilines is 2. The highest BCUT2D eigenvalue weighted by atomic mass is 16.2. The van der Waals surface area contributed by atoms with Gasteiger partial charge in [0.1, 0.15) is 0 Å². The number of nitrogens with one attached hydrogen (secondary N) is 2. The largest absolute Gasteiger partial charge is 0.383 e. The fourth-order valence-corrected chi connectivity index (χ4v) is 1.34. The second-order valence-corrected chi connectivity index (χ2v) is 5.58. The number of hydrogen-bond donors (Lipinski definition) is 2. The molecule has 0 saturated carbocycles. The molecule has 0 aliphatic rings. The SMILES string of the molecule is CC(C)Nc1cccc(NC(=O)C(C)(C)C)c1. The minimum absolute atomic E-state index is 0.0270. The Labute approximate surface area is 104 Å². The zero-order valence-electron chi connectivity index (χ0n) is 11.3. The number of carbonyl (C=O) groups excluding carboxylic acids is 1. The highest BCUT2D eigenvalue weighted by Crippen LogP contribution is 2.20. The van der Waals surface area contributed by atoms with Gasteiger partial charge >= 0.3 is 0 Å². The Bertz CT molecular complexity index is 391. The third-order valence-electron chi connectivity index (χ3n) is 2.26. The van der Waals surface area contributed by atoms with Crippen molar-refractivity contribution in [2.75, 3.05) is 10.6 Å². The lowest BCUT2D eigenvalue weighted by Gasteiger charge is -2.18. The van der Waals surface area contributed by atoms with Gasteiger partial charge in [-0.1, -0.05) is 26.8 Å². The molecule has 0 saturated heterocycles. The lowest BCUT2D eigenvalue weighted by atomic mass is 9.95. The molecule has 1 amide bonds. The van der Waals surface area contributed by atoms with Crippen molar-refractivity contribution in [3.63, 3.8) is 0 Å². The van der Waals surface area contributed by atoms with Crippen molar-refractivity contribution in [2.24, 2.45) is 5.41 Å². The van der Waals surface area contributed by atoms with Crippen LogP contribution in [0.3, 0.4) is 0 Å². The van der Waals surface area contributed by atoms with Crippen LogP contribution in [0.2, 0.25) is 0 Å². The third kappa shape index (κ3) is 4.47. The molecular weight excluding hydrogens is 212 g/mol. The lowest BCUT2D eigenvalue weighted by molar-refractivity contribution is -0.123. The Morgan fingerprint density at radius 2 is 1.76 bits per heavy atom. The minimum atomic E-state index is -0.374. The van der Waals surface area contributed by atoms with Gasteiger partial charge in [-0.05, 0) is 32.0 Å². The van der Waals surface area contributed by atoms with Gasteiger partial charge in [0.2, 0.25) is 5.91 Å². The Kier molecular flexibility index (Phi) is 4.16. The van der Waals surface area contributed by atoms with Crippen LogP contribution in [0.25, 0.3) is 0 Å². The van der Waals surface area contributed by atoms with Crippen LogP contribution >= 0.6 is 0 Å². The molecule has 2 N–H and O–H groups in total. The highest BCUT2D eigenvalue weighted by molar-refractivity contribution is 5.94. The van der Waals surface area contributed by atoms with E-state index in [4.69, 9.17) is 0 Å². The predicted molar refractivity (Wildman–Crippen MR) is 73.3 cm³/mol. The summed E-state index contributed by atoms with van der Waals surface area (Å²) in [5, 5.41) is 6.22. The molecule has 0 aromatic heterocycles. The minimum Gasteiger partial charge on any atom is -0.383 e. The lowest BCUT2D eigenvalue weighted by Crippen LogP contribution is -2.27. The van der Waals surface area contributed by atoms with E-state index in [-0.39, 0.29) is 11.3 Å². The van der Waals surface area contributed by atoms with Crippen molar-refractivity contribution in [3.8, 4) is 0 Å². The van der Waals surface area contributed by atoms with Crippen LogP contribution in [0.1, 0.15) is 34.6 Å². The van der Waals surface area contributed by atoms with Gasteiger partial charge in [0.15, 0.2) is 0 Å². The predicted octanol–water partition coefficient (Wildman–Crippen LogP) is 3.49. The topological polar surface area (TPSA) is 41.1 Å². The van der Waals surface area contributed by atoms with Crippen LogP contribution < -0.4 is 10.6 Å². The summed E-state index contributed by atoms with van der Waals surface area (Å²) in [6.45, 7) is 9.87. The average Bonchev–Trinajstić information content (AvgIpc) is 2.15. The summed E-state index contributed by atoms with van der Waals surface area (Å²) < 4.78 is 0. The van der Waals surface area contributed by atoms with Gasteiger partial charge in [-0.25, -0.2) is 0 Å². The number of hydrogen-bond acceptors (Lipinski definition) is 2. The molecule has 0 unspecified atom stereocenters.